The van der Waals surface area contributed by atoms with Gasteiger partial charge in [0.2, 0.25) is 0 Å². The molecule has 9 nitrogen and oxygen atoms in total. The topological polar surface area (TPSA) is 110 Å². The first-order chi connectivity index (χ1) is 19.3. The van der Waals surface area contributed by atoms with Crippen LogP contribution < -0.4 is 10.6 Å². The van der Waals surface area contributed by atoms with Crippen LogP contribution in [-0.2, 0) is 27.2 Å². The van der Waals surface area contributed by atoms with Gasteiger partial charge in [-0.2, -0.15) is 0 Å². The van der Waals surface area contributed by atoms with Crippen LogP contribution in [0.5, 0.6) is 0 Å². The number of likely N-dealkylation sites (tertiary alicyclic amines) is 1. The first-order valence-corrected chi connectivity index (χ1v) is 14.6. The van der Waals surface area contributed by atoms with Crippen molar-refractivity contribution in [3.05, 3.63) is 46.8 Å². The monoisotopic (exact) mass is 566 g/mol. The highest BCUT2D eigenvalue weighted by atomic mass is 16.6. The van der Waals surface area contributed by atoms with E-state index in [1.54, 1.807) is 11.8 Å². The number of piperidine rings is 1. The smallest absolute Gasteiger partial charge is 0.407 e. The number of carbonyl (C=O) groups excluding carboxylic acids is 3. The molecule has 1 aromatic carbocycles. The van der Waals surface area contributed by atoms with Crippen LogP contribution in [0.4, 0.5) is 15.3 Å². The molecule has 3 rings (SSSR count). The average Bonchev–Trinajstić information content (AvgIpc) is 2.88. The van der Waals surface area contributed by atoms with Crippen molar-refractivity contribution < 1.29 is 23.9 Å². The zero-order valence-electron chi connectivity index (χ0n) is 25.8. The third-order valence-electron chi connectivity index (χ3n) is 6.95. The molecule has 2 heterocycles. The summed E-state index contributed by atoms with van der Waals surface area (Å²) in [5.74, 6) is -0.0577. The Bertz CT molecular complexity index is 1230. The van der Waals surface area contributed by atoms with Crippen LogP contribution >= 0.6 is 0 Å². The molecule has 0 atom stereocenters. The molecule has 1 aromatic heterocycles. The van der Waals surface area contributed by atoms with Gasteiger partial charge in [-0.25, -0.2) is 9.59 Å². The standard InChI is InChI=1S/C32H46N4O5/c1-9-40-29(37)24-14-16-36(17-15-24)30(38)35-28-22(5)34-26(18-20(2)3)25(19-33-31(39)41-32(6,7)8)27(28)23-12-10-21(4)11-13-23/h10-13,20,24H,9,14-19H2,1-8H3,(H,33,39)(H,35,38). The fraction of sp³-hybridized carbons (Fsp3) is 0.562. The number of alkyl carbamates (subject to hydrolysis) is 1. The van der Waals surface area contributed by atoms with Gasteiger partial charge >= 0.3 is 18.1 Å². The lowest BCUT2D eigenvalue weighted by atomic mass is 9.92. The van der Waals surface area contributed by atoms with E-state index in [1.807, 2.05) is 58.9 Å². The van der Waals surface area contributed by atoms with Crippen molar-refractivity contribution in [2.45, 2.75) is 86.8 Å². The maximum atomic E-state index is 13.5. The highest BCUT2D eigenvalue weighted by Gasteiger charge is 2.30. The first-order valence-electron chi connectivity index (χ1n) is 14.6. The van der Waals surface area contributed by atoms with Crippen LogP contribution in [-0.4, -0.2) is 53.3 Å². The van der Waals surface area contributed by atoms with E-state index in [0.717, 1.165) is 27.9 Å². The molecule has 0 unspecified atom stereocenters. The van der Waals surface area contributed by atoms with Gasteiger partial charge in [-0.15, -0.1) is 0 Å². The summed E-state index contributed by atoms with van der Waals surface area (Å²) in [5.41, 5.74) is 5.27. The molecule has 1 aliphatic heterocycles. The molecule has 0 bridgehead atoms. The quantitative estimate of drug-likeness (QED) is 0.358. The van der Waals surface area contributed by atoms with E-state index in [2.05, 4.69) is 24.5 Å². The normalized spacial score (nSPS) is 14.1. The molecule has 224 valence electrons. The van der Waals surface area contributed by atoms with Gasteiger partial charge in [-0.3, -0.25) is 9.78 Å². The van der Waals surface area contributed by atoms with Crippen molar-refractivity contribution in [1.82, 2.24) is 15.2 Å². The van der Waals surface area contributed by atoms with Crippen molar-refractivity contribution in [1.29, 1.82) is 0 Å². The number of hydrogen-bond donors (Lipinski definition) is 2. The Kier molecular flexibility index (Phi) is 10.8. The second kappa shape index (κ2) is 13.8. The minimum absolute atomic E-state index is 0.189. The molecule has 2 N–H and O–H groups in total. The number of amides is 3. The second-order valence-electron chi connectivity index (χ2n) is 12.1. The number of urea groups is 1. The Morgan fingerprint density at radius 1 is 1.07 bits per heavy atom. The summed E-state index contributed by atoms with van der Waals surface area (Å²) >= 11 is 0. The minimum Gasteiger partial charge on any atom is -0.466 e. The number of anilines is 1. The fourth-order valence-electron chi connectivity index (χ4n) is 4.98. The van der Waals surface area contributed by atoms with Crippen LogP contribution in [0.2, 0.25) is 0 Å². The highest BCUT2D eigenvalue weighted by Crippen LogP contribution is 2.37. The van der Waals surface area contributed by atoms with E-state index in [0.29, 0.717) is 56.3 Å². The Labute approximate surface area is 244 Å². The molecule has 3 amide bonds. The number of ether oxygens (including phenoxy) is 2. The first kappa shape index (κ1) is 31.9. The second-order valence-corrected chi connectivity index (χ2v) is 12.1. The number of nitrogens with zero attached hydrogens (tertiary/aromatic N) is 2. The van der Waals surface area contributed by atoms with Gasteiger partial charge in [0, 0.05) is 36.5 Å². The van der Waals surface area contributed by atoms with Crippen molar-refractivity contribution in [3.63, 3.8) is 0 Å². The van der Waals surface area contributed by atoms with Crippen LogP contribution in [0.3, 0.4) is 0 Å². The largest absolute Gasteiger partial charge is 0.466 e. The molecule has 0 spiro atoms. The lowest BCUT2D eigenvalue weighted by molar-refractivity contribution is -0.149. The molecule has 1 saturated heterocycles. The van der Waals surface area contributed by atoms with Gasteiger partial charge in [0.25, 0.3) is 0 Å². The van der Waals surface area contributed by atoms with E-state index in [4.69, 9.17) is 14.5 Å². The van der Waals surface area contributed by atoms with Gasteiger partial charge in [-0.05, 0) is 72.3 Å². The van der Waals surface area contributed by atoms with Gasteiger partial charge in [-0.1, -0.05) is 43.7 Å². The maximum absolute atomic E-state index is 13.5. The third-order valence-corrected chi connectivity index (χ3v) is 6.95. The van der Waals surface area contributed by atoms with E-state index < -0.39 is 11.7 Å². The zero-order chi connectivity index (χ0) is 30.3. The number of pyridine rings is 1. The predicted molar refractivity (Wildman–Crippen MR) is 161 cm³/mol. The molecule has 1 aliphatic rings. The van der Waals surface area contributed by atoms with E-state index >= 15 is 0 Å². The number of carbonyl (C=O) groups is 3. The number of hydrogen-bond acceptors (Lipinski definition) is 6. The number of nitrogens with one attached hydrogen (secondary N) is 2. The number of rotatable bonds is 8. The van der Waals surface area contributed by atoms with E-state index in [1.165, 1.54) is 0 Å². The van der Waals surface area contributed by atoms with Crippen molar-refractivity contribution in [3.8, 4) is 11.1 Å². The van der Waals surface area contributed by atoms with Gasteiger partial charge in [0.05, 0.1) is 23.9 Å². The minimum atomic E-state index is -0.629. The van der Waals surface area contributed by atoms with Crippen molar-refractivity contribution in [2.75, 3.05) is 25.0 Å². The zero-order valence-corrected chi connectivity index (χ0v) is 25.8. The summed E-state index contributed by atoms with van der Waals surface area (Å²) in [6, 6.07) is 7.88. The molecule has 0 aliphatic carbocycles. The Balaban J connectivity index is 2.00. The van der Waals surface area contributed by atoms with Crippen molar-refractivity contribution in [2.24, 2.45) is 11.8 Å². The summed E-state index contributed by atoms with van der Waals surface area (Å²) in [7, 11) is 0. The van der Waals surface area contributed by atoms with Crippen LogP contribution in [0.25, 0.3) is 11.1 Å². The molecule has 9 heteroatoms. The molecular formula is C32H46N4O5. The summed E-state index contributed by atoms with van der Waals surface area (Å²) in [6.45, 7) is 16.9. The number of aryl methyl sites for hydroxylation is 2. The third kappa shape index (κ3) is 8.93. The average molecular weight is 567 g/mol. The Morgan fingerprint density at radius 3 is 2.27 bits per heavy atom. The highest BCUT2D eigenvalue weighted by molar-refractivity contribution is 5.96. The number of esters is 1. The molecule has 0 radical (unpaired) electrons. The van der Waals surface area contributed by atoms with Crippen LogP contribution in [0.15, 0.2) is 24.3 Å². The molecule has 2 aromatic rings. The lowest BCUT2D eigenvalue weighted by Gasteiger charge is -2.31. The molecule has 41 heavy (non-hydrogen) atoms. The predicted octanol–water partition coefficient (Wildman–Crippen LogP) is 6.40. The number of aromatic nitrogens is 1. The van der Waals surface area contributed by atoms with E-state index in [-0.39, 0.29) is 24.5 Å². The van der Waals surface area contributed by atoms with Crippen molar-refractivity contribution >= 4 is 23.8 Å². The number of benzene rings is 1. The van der Waals surface area contributed by atoms with Gasteiger partial charge < -0.3 is 25.0 Å². The maximum Gasteiger partial charge on any atom is 0.407 e. The van der Waals surface area contributed by atoms with Gasteiger partial charge in [0.15, 0.2) is 0 Å². The van der Waals surface area contributed by atoms with Crippen LogP contribution in [0, 0.1) is 25.7 Å². The molecular weight excluding hydrogens is 520 g/mol. The fourth-order valence-corrected chi connectivity index (χ4v) is 4.98. The molecule has 0 saturated carbocycles. The Morgan fingerprint density at radius 2 is 1.71 bits per heavy atom. The summed E-state index contributed by atoms with van der Waals surface area (Å²) in [6.07, 6.45) is 1.32. The summed E-state index contributed by atoms with van der Waals surface area (Å²) in [5, 5.41) is 6.05. The summed E-state index contributed by atoms with van der Waals surface area (Å²) < 4.78 is 10.7. The van der Waals surface area contributed by atoms with E-state index in [9.17, 15) is 14.4 Å². The summed E-state index contributed by atoms with van der Waals surface area (Å²) in [4.78, 5) is 45.0. The molecule has 1 fully saturated rings. The Hall–Kier alpha value is -3.62. The van der Waals surface area contributed by atoms with Crippen LogP contribution in [0.1, 0.15) is 76.9 Å². The van der Waals surface area contributed by atoms with Gasteiger partial charge in [0.1, 0.15) is 5.60 Å². The SMILES string of the molecule is CCOC(=O)C1CCN(C(=O)Nc2c(C)nc(CC(C)C)c(CNC(=O)OC(C)(C)C)c2-c2ccc(C)cc2)CC1. The lowest BCUT2D eigenvalue weighted by Crippen LogP contribution is -2.43.